The molecule has 0 bridgehead atoms. The summed E-state index contributed by atoms with van der Waals surface area (Å²) in [5, 5.41) is 6.84. The second kappa shape index (κ2) is 5.74. The van der Waals surface area contributed by atoms with Crippen molar-refractivity contribution in [2.75, 3.05) is 19.0 Å². The highest BCUT2D eigenvalue weighted by Crippen LogP contribution is 2.27. The number of hydrogen-bond acceptors (Lipinski definition) is 5. The van der Waals surface area contributed by atoms with Crippen molar-refractivity contribution in [3.63, 3.8) is 0 Å². The monoisotopic (exact) mass is 262 g/mol. The lowest BCUT2D eigenvalue weighted by atomic mass is 9.89. The first kappa shape index (κ1) is 12.7. The summed E-state index contributed by atoms with van der Waals surface area (Å²) < 4.78 is 5.18. The molecule has 19 heavy (non-hydrogen) atoms. The third kappa shape index (κ3) is 2.81. The lowest BCUT2D eigenvalue weighted by molar-refractivity contribution is 0.370. The molecular formula is C14H22N4O. The maximum absolute atomic E-state index is 5.18. The number of ether oxygens (including phenoxy) is 1. The van der Waals surface area contributed by atoms with Crippen LogP contribution >= 0.6 is 0 Å². The van der Waals surface area contributed by atoms with Gasteiger partial charge in [-0.05, 0) is 18.8 Å². The molecule has 5 heteroatoms. The molecule has 1 saturated carbocycles. The van der Waals surface area contributed by atoms with E-state index >= 15 is 0 Å². The van der Waals surface area contributed by atoms with E-state index in [1.165, 1.54) is 37.7 Å². The number of methoxy groups -OCH3 is 1. The van der Waals surface area contributed by atoms with E-state index in [1.807, 2.05) is 0 Å². The Kier molecular flexibility index (Phi) is 3.82. The van der Waals surface area contributed by atoms with Crippen molar-refractivity contribution in [1.29, 1.82) is 0 Å². The van der Waals surface area contributed by atoms with E-state index in [0.717, 1.165) is 37.1 Å². The second-order valence-corrected chi connectivity index (χ2v) is 5.47. The van der Waals surface area contributed by atoms with Crippen LogP contribution in [0.5, 0.6) is 6.01 Å². The van der Waals surface area contributed by atoms with Crippen LogP contribution in [0.4, 0.5) is 5.82 Å². The predicted octanol–water partition coefficient (Wildman–Crippen LogP) is 2.08. The van der Waals surface area contributed by atoms with Gasteiger partial charge in [-0.1, -0.05) is 19.3 Å². The predicted molar refractivity (Wildman–Crippen MR) is 74.2 cm³/mol. The largest absolute Gasteiger partial charge is 0.467 e. The van der Waals surface area contributed by atoms with Crippen molar-refractivity contribution < 1.29 is 4.74 Å². The zero-order valence-electron chi connectivity index (χ0n) is 11.5. The smallest absolute Gasteiger partial charge is 0.318 e. The maximum atomic E-state index is 5.18. The Morgan fingerprint density at radius 2 is 2.05 bits per heavy atom. The van der Waals surface area contributed by atoms with Crippen molar-refractivity contribution in [3.05, 3.63) is 11.3 Å². The minimum Gasteiger partial charge on any atom is -0.467 e. The van der Waals surface area contributed by atoms with Gasteiger partial charge in [0, 0.05) is 25.2 Å². The molecule has 5 nitrogen and oxygen atoms in total. The zero-order chi connectivity index (χ0) is 13.1. The van der Waals surface area contributed by atoms with E-state index in [0.29, 0.717) is 6.01 Å². The number of anilines is 1. The average Bonchev–Trinajstić information content (AvgIpc) is 2.94. The minimum absolute atomic E-state index is 0.466. The van der Waals surface area contributed by atoms with E-state index in [1.54, 1.807) is 7.11 Å². The van der Waals surface area contributed by atoms with Crippen LogP contribution in [0.1, 0.15) is 43.4 Å². The van der Waals surface area contributed by atoms with Gasteiger partial charge in [0.25, 0.3) is 0 Å². The molecular weight excluding hydrogens is 240 g/mol. The summed E-state index contributed by atoms with van der Waals surface area (Å²) in [6.45, 7) is 2.69. The normalized spacial score (nSPS) is 19.2. The highest BCUT2D eigenvalue weighted by atomic mass is 16.5. The molecule has 1 aromatic heterocycles. The van der Waals surface area contributed by atoms with E-state index < -0.39 is 0 Å². The van der Waals surface area contributed by atoms with Crippen molar-refractivity contribution in [2.24, 2.45) is 5.92 Å². The van der Waals surface area contributed by atoms with Gasteiger partial charge in [-0.2, -0.15) is 9.97 Å². The number of hydrogen-bond donors (Lipinski definition) is 2. The van der Waals surface area contributed by atoms with E-state index in [2.05, 4.69) is 20.6 Å². The molecule has 0 unspecified atom stereocenters. The van der Waals surface area contributed by atoms with Gasteiger partial charge in [0.15, 0.2) is 0 Å². The summed E-state index contributed by atoms with van der Waals surface area (Å²) in [7, 11) is 1.62. The molecule has 104 valence electrons. The van der Waals surface area contributed by atoms with Gasteiger partial charge in [-0.15, -0.1) is 0 Å². The molecule has 1 aliphatic heterocycles. The minimum atomic E-state index is 0.466. The van der Waals surface area contributed by atoms with Crippen LogP contribution in [0.2, 0.25) is 0 Å². The Bertz CT molecular complexity index is 443. The molecule has 0 amide bonds. The van der Waals surface area contributed by atoms with Gasteiger partial charge in [-0.3, -0.25) is 0 Å². The highest BCUT2D eigenvalue weighted by Gasteiger charge is 2.20. The number of nitrogens with one attached hydrogen (secondary N) is 2. The fraction of sp³-hybridized carbons (Fsp3) is 0.714. The van der Waals surface area contributed by atoms with Crippen molar-refractivity contribution >= 4 is 5.82 Å². The lowest BCUT2D eigenvalue weighted by Crippen LogP contribution is -2.19. The molecule has 1 aliphatic carbocycles. The van der Waals surface area contributed by atoms with Gasteiger partial charge < -0.3 is 15.4 Å². The number of aromatic nitrogens is 2. The van der Waals surface area contributed by atoms with E-state index in [4.69, 9.17) is 4.74 Å². The van der Waals surface area contributed by atoms with Crippen LogP contribution in [0, 0.1) is 5.92 Å². The molecule has 0 spiro atoms. The summed E-state index contributed by atoms with van der Waals surface area (Å²) in [6.07, 6.45) is 6.83. The summed E-state index contributed by atoms with van der Waals surface area (Å²) >= 11 is 0. The summed E-state index contributed by atoms with van der Waals surface area (Å²) in [5.74, 6) is 1.75. The van der Waals surface area contributed by atoms with Gasteiger partial charge in [0.2, 0.25) is 0 Å². The molecule has 0 saturated heterocycles. The third-order valence-corrected chi connectivity index (χ3v) is 4.13. The van der Waals surface area contributed by atoms with Crippen LogP contribution < -0.4 is 15.4 Å². The molecule has 2 N–H and O–H groups in total. The summed E-state index contributed by atoms with van der Waals surface area (Å²) in [6, 6.07) is 0.466. The molecule has 1 fully saturated rings. The van der Waals surface area contributed by atoms with Crippen LogP contribution in [-0.2, 0) is 13.1 Å². The Labute approximate surface area is 114 Å². The standard InChI is InChI=1S/C14H22N4O/c1-19-14-17-12-9-15-8-11(12)13(18-14)16-7-10-5-3-2-4-6-10/h10,15H,2-9H2,1H3,(H,16,17,18). The van der Waals surface area contributed by atoms with Gasteiger partial charge in [0.05, 0.1) is 12.8 Å². The molecule has 3 rings (SSSR count). The third-order valence-electron chi connectivity index (χ3n) is 4.13. The molecule has 1 aromatic rings. The van der Waals surface area contributed by atoms with Gasteiger partial charge in [-0.25, -0.2) is 0 Å². The highest BCUT2D eigenvalue weighted by molar-refractivity contribution is 5.49. The van der Waals surface area contributed by atoms with E-state index in [9.17, 15) is 0 Å². The number of rotatable bonds is 4. The fourth-order valence-corrected chi connectivity index (χ4v) is 3.02. The van der Waals surface area contributed by atoms with Crippen LogP contribution in [0.3, 0.4) is 0 Å². The van der Waals surface area contributed by atoms with Gasteiger partial charge >= 0.3 is 6.01 Å². The van der Waals surface area contributed by atoms with E-state index in [-0.39, 0.29) is 0 Å². The first-order chi connectivity index (χ1) is 9.36. The zero-order valence-corrected chi connectivity index (χ0v) is 11.5. The van der Waals surface area contributed by atoms with Crippen molar-refractivity contribution in [3.8, 4) is 6.01 Å². The number of fused-ring (bicyclic) bond motifs is 1. The topological polar surface area (TPSA) is 59.1 Å². The quantitative estimate of drug-likeness (QED) is 0.870. The molecule has 0 atom stereocenters. The number of nitrogens with zero attached hydrogens (tertiary/aromatic N) is 2. The Morgan fingerprint density at radius 1 is 1.21 bits per heavy atom. The first-order valence-corrected chi connectivity index (χ1v) is 7.25. The SMILES string of the molecule is COc1nc2c(c(NCC3CCCCC3)n1)CNC2. The van der Waals surface area contributed by atoms with Crippen LogP contribution in [0.25, 0.3) is 0 Å². The molecule has 0 radical (unpaired) electrons. The Morgan fingerprint density at radius 3 is 2.84 bits per heavy atom. The van der Waals surface area contributed by atoms with Crippen LogP contribution in [-0.4, -0.2) is 23.6 Å². The lowest BCUT2D eigenvalue weighted by Gasteiger charge is -2.22. The Balaban J connectivity index is 1.70. The summed E-state index contributed by atoms with van der Waals surface area (Å²) in [4.78, 5) is 8.85. The van der Waals surface area contributed by atoms with Crippen LogP contribution in [0.15, 0.2) is 0 Å². The molecule has 2 aliphatic rings. The average molecular weight is 262 g/mol. The Hall–Kier alpha value is -1.36. The van der Waals surface area contributed by atoms with Crippen molar-refractivity contribution in [2.45, 2.75) is 45.2 Å². The fourth-order valence-electron chi connectivity index (χ4n) is 3.02. The maximum Gasteiger partial charge on any atom is 0.318 e. The van der Waals surface area contributed by atoms with Crippen molar-refractivity contribution in [1.82, 2.24) is 15.3 Å². The molecule has 2 heterocycles. The second-order valence-electron chi connectivity index (χ2n) is 5.47. The molecule has 0 aromatic carbocycles. The summed E-state index contributed by atoms with van der Waals surface area (Å²) in [5.41, 5.74) is 2.27. The first-order valence-electron chi connectivity index (χ1n) is 7.25. The van der Waals surface area contributed by atoms with Gasteiger partial charge in [0.1, 0.15) is 5.82 Å².